The Morgan fingerprint density at radius 1 is 1.40 bits per heavy atom. The summed E-state index contributed by atoms with van der Waals surface area (Å²) in [5.41, 5.74) is 0. The zero-order valence-electron chi connectivity index (χ0n) is 11.5. The van der Waals surface area contributed by atoms with Crippen LogP contribution >= 0.6 is 11.3 Å². The van der Waals surface area contributed by atoms with Gasteiger partial charge in [-0.15, -0.1) is 11.3 Å². The van der Waals surface area contributed by atoms with Gasteiger partial charge in [0.25, 0.3) is 5.91 Å². The van der Waals surface area contributed by atoms with Gasteiger partial charge in [-0.3, -0.25) is 9.59 Å². The summed E-state index contributed by atoms with van der Waals surface area (Å²) >= 11 is 1.41. The number of aliphatic hydroxyl groups excluding tert-OH is 1. The lowest BCUT2D eigenvalue weighted by atomic mass is 10.1. The zero-order valence-corrected chi connectivity index (χ0v) is 12.3. The van der Waals surface area contributed by atoms with Crippen molar-refractivity contribution in [3.8, 4) is 0 Å². The lowest BCUT2D eigenvalue weighted by Gasteiger charge is -2.19. The quantitative estimate of drug-likeness (QED) is 0.760. The molecule has 6 heteroatoms. The van der Waals surface area contributed by atoms with Crippen molar-refractivity contribution >= 4 is 23.2 Å². The average Bonchev–Trinajstić information content (AvgIpc) is 3.04. The minimum atomic E-state index is -0.219. The highest BCUT2D eigenvalue weighted by atomic mass is 32.1. The fourth-order valence-corrected chi connectivity index (χ4v) is 3.29. The average molecular weight is 296 g/mol. The van der Waals surface area contributed by atoms with E-state index in [0.29, 0.717) is 4.88 Å². The van der Waals surface area contributed by atoms with Gasteiger partial charge in [-0.1, -0.05) is 6.42 Å². The van der Waals surface area contributed by atoms with Crippen LogP contribution in [0.15, 0.2) is 12.1 Å². The van der Waals surface area contributed by atoms with E-state index in [-0.39, 0.29) is 36.9 Å². The van der Waals surface area contributed by atoms with Gasteiger partial charge in [0, 0.05) is 23.4 Å². The normalized spacial score (nSPS) is 21.7. The van der Waals surface area contributed by atoms with Crippen molar-refractivity contribution in [2.45, 2.75) is 32.2 Å². The van der Waals surface area contributed by atoms with Crippen LogP contribution in [0.25, 0.3) is 0 Å². The van der Waals surface area contributed by atoms with E-state index in [9.17, 15) is 14.7 Å². The molecule has 0 radical (unpaired) electrons. The van der Waals surface area contributed by atoms with Crippen molar-refractivity contribution in [1.82, 2.24) is 10.6 Å². The van der Waals surface area contributed by atoms with E-state index in [2.05, 4.69) is 10.6 Å². The number of thiophene rings is 1. The Kier molecular flexibility index (Phi) is 5.14. The number of hydrogen-bond donors (Lipinski definition) is 3. The molecule has 0 saturated heterocycles. The molecule has 2 unspecified atom stereocenters. The Balaban J connectivity index is 1.76. The fraction of sp³-hybridized carbons (Fsp3) is 0.571. The minimum Gasteiger partial charge on any atom is -0.396 e. The first-order valence-electron chi connectivity index (χ1n) is 6.85. The Labute approximate surface area is 122 Å². The summed E-state index contributed by atoms with van der Waals surface area (Å²) in [6, 6.07) is 3.67. The molecule has 3 N–H and O–H groups in total. The molecule has 1 aliphatic rings. The van der Waals surface area contributed by atoms with Gasteiger partial charge in [0.2, 0.25) is 5.91 Å². The maximum Gasteiger partial charge on any atom is 0.261 e. The first kappa shape index (κ1) is 15.0. The minimum absolute atomic E-state index is 0.0234. The van der Waals surface area contributed by atoms with Crippen molar-refractivity contribution in [3.63, 3.8) is 0 Å². The van der Waals surface area contributed by atoms with Crippen LogP contribution in [0, 0.1) is 12.8 Å². The van der Waals surface area contributed by atoms with Crippen molar-refractivity contribution in [3.05, 3.63) is 21.9 Å². The molecule has 2 rings (SSSR count). The highest BCUT2D eigenvalue weighted by molar-refractivity contribution is 7.13. The SMILES string of the molecule is Cc1ccc(C(=O)NCC(=O)NC2CCCC2CO)s1. The van der Waals surface area contributed by atoms with Crippen LogP contribution < -0.4 is 10.6 Å². The van der Waals surface area contributed by atoms with Gasteiger partial charge in [-0.05, 0) is 31.9 Å². The number of aryl methyl sites for hydroxylation is 1. The molecule has 0 spiro atoms. The predicted molar refractivity (Wildman–Crippen MR) is 77.7 cm³/mol. The van der Waals surface area contributed by atoms with Gasteiger partial charge >= 0.3 is 0 Å². The number of carbonyl (C=O) groups is 2. The van der Waals surface area contributed by atoms with Crippen LogP contribution in [0.4, 0.5) is 0 Å². The summed E-state index contributed by atoms with van der Waals surface area (Å²) in [7, 11) is 0. The maximum atomic E-state index is 11.8. The van der Waals surface area contributed by atoms with Gasteiger partial charge in [0.1, 0.15) is 0 Å². The Morgan fingerprint density at radius 3 is 2.85 bits per heavy atom. The molecule has 110 valence electrons. The fourth-order valence-electron chi connectivity index (χ4n) is 2.51. The van der Waals surface area contributed by atoms with Gasteiger partial charge in [0.15, 0.2) is 0 Å². The van der Waals surface area contributed by atoms with E-state index in [1.54, 1.807) is 6.07 Å². The molecule has 1 aromatic rings. The number of nitrogens with one attached hydrogen (secondary N) is 2. The summed E-state index contributed by atoms with van der Waals surface area (Å²) < 4.78 is 0. The Morgan fingerprint density at radius 2 is 2.20 bits per heavy atom. The summed E-state index contributed by atoms with van der Waals surface area (Å²) in [6.07, 6.45) is 2.87. The van der Waals surface area contributed by atoms with Crippen molar-refractivity contribution < 1.29 is 14.7 Å². The number of aliphatic hydroxyl groups is 1. The van der Waals surface area contributed by atoms with E-state index in [0.717, 1.165) is 24.1 Å². The summed E-state index contributed by atoms with van der Waals surface area (Å²) in [5, 5.41) is 14.7. The van der Waals surface area contributed by atoms with Crippen LogP contribution in [-0.2, 0) is 4.79 Å². The van der Waals surface area contributed by atoms with E-state index < -0.39 is 0 Å². The molecule has 0 aromatic carbocycles. The highest BCUT2D eigenvalue weighted by Crippen LogP contribution is 2.24. The largest absolute Gasteiger partial charge is 0.396 e. The molecule has 1 saturated carbocycles. The second-order valence-electron chi connectivity index (χ2n) is 5.14. The third-order valence-electron chi connectivity index (χ3n) is 3.61. The van der Waals surface area contributed by atoms with Gasteiger partial charge in [0.05, 0.1) is 11.4 Å². The van der Waals surface area contributed by atoms with Crippen LogP contribution in [0.1, 0.15) is 33.8 Å². The molecule has 1 aromatic heterocycles. The van der Waals surface area contributed by atoms with Crippen LogP contribution in [-0.4, -0.2) is 36.1 Å². The number of hydrogen-bond acceptors (Lipinski definition) is 4. The molecular weight excluding hydrogens is 276 g/mol. The molecule has 1 heterocycles. The number of carbonyl (C=O) groups excluding carboxylic acids is 2. The molecule has 1 aliphatic carbocycles. The van der Waals surface area contributed by atoms with E-state index in [1.807, 2.05) is 13.0 Å². The first-order valence-corrected chi connectivity index (χ1v) is 7.66. The molecule has 2 atom stereocenters. The van der Waals surface area contributed by atoms with Crippen LogP contribution in [0.2, 0.25) is 0 Å². The van der Waals surface area contributed by atoms with Crippen LogP contribution in [0.5, 0.6) is 0 Å². The summed E-state index contributed by atoms with van der Waals surface area (Å²) in [5.74, 6) is -0.269. The van der Waals surface area contributed by atoms with E-state index in [4.69, 9.17) is 0 Å². The number of rotatable bonds is 5. The second kappa shape index (κ2) is 6.85. The van der Waals surface area contributed by atoms with Gasteiger partial charge in [-0.2, -0.15) is 0 Å². The summed E-state index contributed by atoms with van der Waals surface area (Å²) in [4.78, 5) is 25.3. The smallest absolute Gasteiger partial charge is 0.261 e. The monoisotopic (exact) mass is 296 g/mol. The molecule has 5 nitrogen and oxygen atoms in total. The third kappa shape index (κ3) is 3.80. The molecule has 2 amide bonds. The van der Waals surface area contributed by atoms with E-state index >= 15 is 0 Å². The van der Waals surface area contributed by atoms with Crippen molar-refractivity contribution in [1.29, 1.82) is 0 Å². The molecule has 1 fully saturated rings. The topological polar surface area (TPSA) is 78.4 Å². The molecule has 0 bridgehead atoms. The standard InChI is InChI=1S/C14H20N2O3S/c1-9-5-6-12(20-9)14(19)15-7-13(18)16-11-4-2-3-10(11)8-17/h5-6,10-11,17H,2-4,7-8H2,1H3,(H,15,19)(H,16,18). The third-order valence-corrected chi connectivity index (χ3v) is 4.61. The second-order valence-corrected chi connectivity index (χ2v) is 6.43. The van der Waals surface area contributed by atoms with Crippen LogP contribution in [0.3, 0.4) is 0 Å². The van der Waals surface area contributed by atoms with E-state index in [1.165, 1.54) is 11.3 Å². The van der Waals surface area contributed by atoms with Gasteiger partial charge < -0.3 is 15.7 Å². The highest BCUT2D eigenvalue weighted by Gasteiger charge is 2.27. The zero-order chi connectivity index (χ0) is 14.5. The molecule has 20 heavy (non-hydrogen) atoms. The van der Waals surface area contributed by atoms with Crippen molar-refractivity contribution in [2.75, 3.05) is 13.2 Å². The molecular formula is C14H20N2O3S. The first-order chi connectivity index (χ1) is 9.60. The van der Waals surface area contributed by atoms with Crippen molar-refractivity contribution in [2.24, 2.45) is 5.92 Å². The Bertz CT molecular complexity index is 487. The van der Waals surface area contributed by atoms with Gasteiger partial charge in [-0.25, -0.2) is 0 Å². The Hall–Kier alpha value is -1.40. The molecule has 0 aliphatic heterocycles. The number of amides is 2. The lowest BCUT2D eigenvalue weighted by molar-refractivity contribution is -0.121. The predicted octanol–water partition coefficient (Wildman–Crippen LogP) is 1.06. The maximum absolute atomic E-state index is 11.8. The summed E-state index contributed by atoms with van der Waals surface area (Å²) in [6.45, 7) is 2.01. The lowest BCUT2D eigenvalue weighted by Crippen LogP contribution is -2.43.